The highest BCUT2D eigenvalue weighted by atomic mass is 32.2. The molecule has 2 aromatic carbocycles. The maximum atomic E-state index is 12.5. The molecule has 0 spiro atoms. The van der Waals surface area contributed by atoms with E-state index in [1.807, 2.05) is 11.8 Å². The molecule has 0 radical (unpaired) electrons. The van der Waals surface area contributed by atoms with E-state index in [1.54, 1.807) is 19.2 Å². The largest absolute Gasteiger partial charge is 0.362 e. The van der Waals surface area contributed by atoms with Crippen molar-refractivity contribution in [2.45, 2.75) is 36.0 Å². The van der Waals surface area contributed by atoms with Gasteiger partial charge in [0.25, 0.3) is 10.0 Å². The molecule has 1 aliphatic heterocycles. The molecule has 1 N–H and O–H groups in total. The van der Waals surface area contributed by atoms with Gasteiger partial charge in [-0.25, -0.2) is 8.42 Å². The van der Waals surface area contributed by atoms with Crippen LogP contribution < -0.4 is 5.32 Å². The highest BCUT2D eigenvalue weighted by molar-refractivity contribution is 7.91. The number of likely N-dealkylation sites (tertiary alicyclic amines) is 1. The van der Waals surface area contributed by atoms with Crippen LogP contribution in [0.2, 0.25) is 0 Å². The minimum absolute atomic E-state index is 0.0280. The molecule has 0 unspecified atom stereocenters. The first-order chi connectivity index (χ1) is 14.6. The van der Waals surface area contributed by atoms with Gasteiger partial charge in [-0.2, -0.15) is 8.42 Å². The first-order valence-corrected chi connectivity index (χ1v) is 12.9. The number of amidine groups is 1. The molecule has 1 fully saturated rings. The molecule has 0 aromatic heterocycles. The number of nitrogens with zero attached hydrogens (tertiary/aromatic N) is 2. The van der Waals surface area contributed by atoms with Crippen molar-refractivity contribution in [2.24, 2.45) is 4.40 Å². The minimum Gasteiger partial charge on any atom is -0.362 e. The number of aryl methyl sites for hydroxylation is 1. The van der Waals surface area contributed by atoms with Crippen LogP contribution in [0.15, 0.2) is 62.7 Å². The summed E-state index contributed by atoms with van der Waals surface area (Å²) in [5.41, 5.74) is 1.33. The van der Waals surface area contributed by atoms with Gasteiger partial charge in [-0.3, -0.25) is 4.79 Å². The molecule has 10 heteroatoms. The standard InChI is InChI=1S/C21H25N3O5S2/c1-16-5-9-18(10-6-16)30(26,27)15-13-21(25)22-17-7-11-19(12-8-17)31(28,29)23-20-4-3-14-24(20)2/h5-12H,3-4,13-15H2,1-2H3,(H,22,25)/b23-20+. The summed E-state index contributed by atoms with van der Waals surface area (Å²) < 4.78 is 53.6. The molecule has 166 valence electrons. The first kappa shape index (κ1) is 23.0. The fourth-order valence-corrected chi connectivity index (χ4v) is 5.46. The Labute approximate surface area is 183 Å². The zero-order chi connectivity index (χ0) is 22.6. The fourth-order valence-electron chi connectivity index (χ4n) is 3.13. The summed E-state index contributed by atoms with van der Waals surface area (Å²) in [6.07, 6.45) is 1.28. The highest BCUT2D eigenvalue weighted by Crippen LogP contribution is 2.19. The lowest BCUT2D eigenvalue weighted by molar-refractivity contribution is -0.115. The number of hydrogen-bond acceptors (Lipinski definition) is 5. The van der Waals surface area contributed by atoms with Gasteiger partial charge in [0.1, 0.15) is 5.84 Å². The van der Waals surface area contributed by atoms with E-state index < -0.39 is 25.8 Å². The van der Waals surface area contributed by atoms with Crippen molar-refractivity contribution >= 4 is 37.3 Å². The number of anilines is 1. The number of nitrogens with one attached hydrogen (secondary N) is 1. The molecule has 1 heterocycles. The maximum absolute atomic E-state index is 12.5. The van der Waals surface area contributed by atoms with Gasteiger partial charge < -0.3 is 10.2 Å². The zero-order valence-corrected chi connectivity index (χ0v) is 19.0. The Morgan fingerprint density at radius 1 is 1.00 bits per heavy atom. The Balaban J connectivity index is 1.60. The van der Waals surface area contributed by atoms with Crippen LogP contribution >= 0.6 is 0 Å². The number of benzene rings is 2. The second-order valence-electron chi connectivity index (χ2n) is 7.46. The predicted molar refractivity (Wildman–Crippen MR) is 119 cm³/mol. The highest BCUT2D eigenvalue weighted by Gasteiger charge is 2.20. The third-order valence-corrected chi connectivity index (χ3v) is 8.02. The van der Waals surface area contributed by atoms with Crippen LogP contribution in [0, 0.1) is 6.92 Å². The van der Waals surface area contributed by atoms with Gasteiger partial charge in [-0.15, -0.1) is 4.40 Å². The molecule has 1 aliphatic rings. The SMILES string of the molecule is Cc1ccc(S(=O)(=O)CCC(=O)Nc2ccc(S(=O)(=O)/N=C3\CCCN3C)cc2)cc1. The van der Waals surface area contributed by atoms with Gasteiger partial charge in [-0.05, 0) is 49.7 Å². The molecule has 1 amide bonds. The number of amides is 1. The van der Waals surface area contributed by atoms with Crippen molar-refractivity contribution in [2.75, 3.05) is 24.7 Å². The number of rotatable bonds is 7. The number of carbonyl (C=O) groups is 1. The van der Waals surface area contributed by atoms with E-state index in [0.29, 0.717) is 17.9 Å². The summed E-state index contributed by atoms with van der Waals surface area (Å²) in [6, 6.07) is 12.1. The maximum Gasteiger partial charge on any atom is 0.283 e. The monoisotopic (exact) mass is 463 g/mol. The van der Waals surface area contributed by atoms with Crippen LogP contribution in [-0.2, 0) is 24.7 Å². The lowest BCUT2D eigenvalue weighted by Crippen LogP contribution is -2.20. The molecule has 0 saturated carbocycles. The van der Waals surface area contributed by atoms with Crippen LogP contribution in [0.5, 0.6) is 0 Å². The van der Waals surface area contributed by atoms with E-state index in [4.69, 9.17) is 0 Å². The predicted octanol–water partition coefficient (Wildman–Crippen LogP) is 2.61. The lowest BCUT2D eigenvalue weighted by atomic mass is 10.2. The Hall–Kier alpha value is -2.72. The van der Waals surface area contributed by atoms with E-state index in [9.17, 15) is 21.6 Å². The van der Waals surface area contributed by atoms with Crippen LogP contribution in [-0.4, -0.2) is 52.8 Å². The van der Waals surface area contributed by atoms with Gasteiger partial charge >= 0.3 is 0 Å². The van der Waals surface area contributed by atoms with Crippen molar-refractivity contribution in [1.29, 1.82) is 0 Å². The van der Waals surface area contributed by atoms with Crippen molar-refractivity contribution in [3.05, 3.63) is 54.1 Å². The molecule has 2 aromatic rings. The average molecular weight is 464 g/mol. The summed E-state index contributed by atoms with van der Waals surface area (Å²) >= 11 is 0. The molecule has 0 atom stereocenters. The molecular weight excluding hydrogens is 438 g/mol. The summed E-state index contributed by atoms with van der Waals surface area (Å²) in [6.45, 7) is 2.64. The normalized spacial score (nSPS) is 15.9. The Morgan fingerprint density at radius 2 is 1.61 bits per heavy atom. The van der Waals surface area contributed by atoms with Crippen molar-refractivity contribution < 1.29 is 21.6 Å². The topological polar surface area (TPSA) is 113 Å². The van der Waals surface area contributed by atoms with Crippen LogP contribution in [0.1, 0.15) is 24.8 Å². The van der Waals surface area contributed by atoms with Crippen LogP contribution in [0.4, 0.5) is 5.69 Å². The molecule has 1 saturated heterocycles. The Bertz CT molecular complexity index is 1190. The van der Waals surface area contributed by atoms with Crippen molar-refractivity contribution in [3.63, 3.8) is 0 Å². The average Bonchev–Trinajstić information content (AvgIpc) is 3.11. The second-order valence-corrected chi connectivity index (χ2v) is 11.2. The molecular formula is C21H25N3O5S2. The van der Waals surface area contributed by atoms with Gasteiger partial charge in [-0.1, -0.05) is 17.7 Å². The molecule has 8 nitrogen and oxygen atoms in total. The van der Waals surface area contributed by atoms with Gasteiger partial charge in [0.2, 0.25) is 5.91 Å². The summed E-state index contributed by atoms with van der Waals surface area (Å²) in [7, 11) is -5.59. The van der Waals surface area contributed by atoms with Crippen LogP contribution in [0.3, 0.4) is 0 Å². The van der Waals surface area contributed by atoms with Crippen LogP contribution in [0.25, 0.3) is 0 Å². The number of sulfone groups is 1. The van der Waals surface area contributed by atoms with E-state index in [-0.39, 0.29) is 22.0 Å². The number of sulfonamides is 1. The zero-order valence-electron chi connectivity index (χ0n) is 17.4. The lowest BCUT2D eigenvalue weighted by Gasteiger charge is -2.11. The number of carbonyl (C=O) groups excluding carboxylic acids is 1. The van der Waals surface area contributed by atoms with Gasteiger partial charge in [0.05, 0.1) is 15.5 Å². The summed E-state index contributed by atoms with van der Waals surface area (Å²) in [5, 5.41) is 2.59. The quantitative estimate of drug-likeness (QED) is 0.675. The van der Waals surface area contributed by atoms with E-state index in [0.717, 1.165) is 18.5 Å². The third kappa shape index (κ3) is 5.92. The minimum atomic E-state index is -3.83. The fraction of sp³-hybridized carbons (Fsp3) is 0.333. The second kappa shape index (κ2) is 9.19. The summed E-state index contributed by atoms with van der Waals surface area (Å²) in [5.74, 6) is -0.259. The molecule has 0 bridgehead atoms. The first-order valence-electron chi connectivity index (χ1n) is 9.81. The number of hydrogen-bond donors (Lipinski definition) is 1. The smallest absolute Gasteiger partial charge is 0.283 e. The van der Waals surface area contributed by atoms with E-state index in [1.165, 1.54) is 36.4 Å². The van der Waals surface area contributed by atoms with Gasteiger partial charge in [0.15, 0.2) is 9.84 Å². The molecule has 3 rings (SSSR count). The molecule has 0 aliphatic carbocycles. The van der Waals surface area contributed by atoms with E-state index in [2.05, 4.69) is 9.71 Å². The van der Waals surface area contributed by atoms with Gasteiger partial charge in [0, 0.05) is 32.1 Å². The summed E-state index contributed by atoms with van der Waals surface area (Å²) in [4.78, 5) is 14.2. The third-order valence-electron chi connectivity index (χ3n) is 4.97. The van der Waals surface area contributed by atoms with Crippen molar-refractivity contribution in [3.8, 4) is 0 Å². The Morgan fingerprint density at radius 3 is 2.19 bits per heavy atom. The van der Waals surface area contributed by atoms with E-state index >= 15 is 0 Å². The van der Waals surface area contributed by atoms with Crippen molar-refractivity contribution in [1.82, 2.24) is 4.90 Å². The molecule has 31 heavy (non-hydrogen) atoms. The Kier molecular flexibility index (Phi) is 6.80.